The van der Waals surface area contributed by atoms with Crippen LogP contribution in [0.4, 0.5) is 0 Å². The summed E-state index contributed by atoms with van der Waals surface area (Å²) in [5.41, 5.74) is 2.60. The van der Waals surface area contributed by atoms with Gasteiger partial charge in [0.1, 0.15) is 28.1 Å². The fourth-order valence-electron chi connectivity index (χ4n) is 3.69. The van der Waals surface area contributed by atoms with Crippen LogP contribution in [0.2, 0.25) is 0 Å². The number of methoxy groups -OCH3 is 1. The molecule has 3 N–H and O–H groups in total. The van der Waals surface area contributed by atoms with Crippen LogP contribution in [0.3, 0.4) is 0 Å². The molecule has 1 aliphatic rings. The summed E-state index contributed by atoms with van der Waals surface area (Å²) in [5.74, 6) is -0.290. The van der Waals surface area contributed by atoms with Crippen LogP contribution in [0.5, 0.6) is 11.5 Å². The molecule has 0 spiro atoms. The van der Waals surface area contributed by atoms with Crippen molar-refractivity contribution in [1.82, 2.24) is 20.0 Å². The van der Waals surface area contributed by atoms with E-state index in [-0.39, 0.29) is 23.1 Å². The highest BCUT2D eigenvalue weighted by Gasteiger charge is 2.39. The maximum Gasteiger partial charge on any atom is 0.259 e. The summed E-state index contributed by atoms with van der Waals surface area (Å²) in [7, 11) is 1.46. The number of rotatable bonds is 5. The lowest BCUT2D eigenvalue weighted by molar-refractivity contribution is 0.0937. The van der Waals surface area contributed by atoms with Crippen LogP contribution in [0, 0.1) is 11.3 Å². The Balaban J connectivity index is 1.76. The minimum atomic E-state index is -0.513. The van der Waals surface area contributed by atoms with Crippen LogP contribution < -0.4 is 15.4 Å². The molecular formula is C22H23N5O3. The first-order valence-corrected chi connectivity index (χ1v) is 9.70. The second-order valence-electron chi connectivity index (χ2n) is 7.79. The van der Waals surface area contributed by atoms with Gasteiger partial charge in [0.05, 0.1) is 25.1 Å². The SMILES string of the molecule is COc1cc(-c2cnc3cc(C4(C#N)CNC4)ccn23)cc(O)c1C(=O)NC(C)C. The van der Waals surface area contributed by atoms with Crippen molar-refractivity contribution in [3.8, 4) is 28.8 Å². The van der Waals surface area contributed by atoms with E-state index in [9.17, 15) is 15.2 Å². The number of benzene rings is 1. The quantitative estimate of drug-likeness (QED) is 0.600. The molecule has 0 unspecified atom stereocenters. The largest absolute Gasteiger partial charge is 0.507 e. The highest BCUT2D eigenvalue weighted by molar-refractivity contribution is 6.00. The smallest absolute Gasteiger partial charge is 0.259 e. The van der Waals surface area contributed by atoms with E-state index in [1.807, 2.05) is 36.6 Å². The first-order chi connectivity index (χ1) is 14.4. The monoisotopic (exact) mass is 405 g/mol. The highest BCUT2D eigenvalue weighted by Crippen LogP contribution is 2.35. The predicted molar refractivity (Wildman–Crippen MR) is 112 cm³/mol. The third kappa shape index (κ3) is 3.13. The van der Waals surface area contributed by atoms with Crippen molar-refractivity contribution in [3.05, 3.63) is 47.8 Å². The number of phenols is 1. The molecule has 1 amide bonds. The number of hydrogen-bond donors (Lipinski definition) is 3. The molecule has 2 aromatic heterocycles. The topological polar surface area (TPSA) is 112 Å². The minimum Gasteiger partial charge on any atom is -0.507 e. The number of nitrogens with zero attached hydrogens (tertiary/aromatic N) is 3. The van der Waals surface area contributed by atoms with Crippen molar-refractivity contribution in [2.24, 2.45) is 0 Å². The molecule has 4 rings (SSSR count). The van der Waals surface area contributed by atoms with Gasteiger partial charge >= 0.3 is 0 Å². The molecule has 1 saturated heterocycles. The Labute approximate surface area is 174 Å². The number of carbonyl (C=O) groups is 1. The van der Waals surface area contributed by atoms with E-state index in [4.69, 9.17) is 4.74 Å². The van der Waals surface area contributed by atoms with E-state index in [0.717, 1.165) is 11.3 Å². The summed E-state index contributed by atoms with van der Waals surface area (Å²) in [4.78, 5) is 16.9. The number of aromatic nitrogens is 2. The number of fused-ring (bicyclic) bond motifs is 1. The van der Waals surface area contributed by atoms with Gasteiger partial charge in [0, 0.05) is 30.9 Å². The number of ether oxygens (including phenoxy) is 1. The Morgan fingerprint density at radius 3 is 2.77 bits per heavy atom. The Bertz CT molecular complexity index is 1170. The number of pyridine rings is 1. The van der Waals surface area contributed by atoms with Crippen LogP contribution in [0.1, 0.15) is 29.8 Å². The fourth-order valence-corrected chi connectivity index (χ4v) is 3.69. The molecule has 1 aromatic carbocycles. The lowest BCUT2D eigenvalue weighted by atomic mass is 9.77. The summed E-state index contributed by atoms with van der Waals surface area (Å²) < 4.78 is 7.26. The number of aromatic hydroxyl groups is 1. The molecule has 0 atom stereocenters. The zero-order valence-corrected chi connectivity index (χ0v) is 17.1. The van der Waals surface area contributed by atoms with Gasteiger partial charge in [-0.15, -0.1) is 0 Å². The number of phenolic OH excluding ortho intramolecular Hbond substituents is 1. The third-order valence-electron chi connectivity index (χ3n) is 5.38. The summed E-state index contributed by atoms with van der Waals surface area (Å²) in [6.07, 6.45) is 3.56. The van der Waals surface area contributed by atoms with Crippen molar-refractivity contribution in [1.29, 1.82) is 5.26 Å². The molecule has 3 aromatic rings. The van der Waals surface area contributed by atoms with Gasteiger partial charge in [-0.3, -0.25) is 9.20 Å². The third-order valence-corrected chi connectivity index (χ3v) is 5.38. The van der Waals surface area contributed by atoms with Crippen molar-refractivity contribution in [2.75, 3.05) is 20.2 Å². The molecule has 1 aliphatic heterocycles. The van der Waals surface area contributed by atoms with Gasteiger partial charge in [0.15, 0.2) is 0 Å². The molecule has 1 fully saturated rings. The van der Waals surface area contributed by atoms with Gasteiger partial charge in [-0.1, -0.05) is 0 Å². The first-order valence-electron chi connectivity index (χ1n) is 9.70. The van der Waals surface area contributed by atoms with Crippen molar-refractivity contribution < 1.29 is 14.6 Å². The predicted octanol–water partition coefficient (Wildman–Crippen LogP) is 2.22. The normalized spacial score (nSPS) is 14.9. The number of hydrogen-bond acceptors (Lipinski definition) is 6. The summed E-state index contributed by atoms with van der Waals surface area (Å²) in [6, 6.07) is 9.40. The van der Waals surface area contributed by atoms with E-state index in [1.165, 1.54) is 13.2 Å². The van der Waals surface area contributed by atoms with Gasteiger partial charge in [-0.2, -0.15) is 5.26 Å². The van der Waals surface area contributed by atoms with E-state index < -0.39 is 11.3 Å². The summed E-state index contributed by atoms with van der Waals surface area (Å²) in [5, 5.41) is 26.1. The average Bonchev–Trinajstić information content (AvgIpc) is 3.09. The molecule has 0 saturated carbocycles. The van der Waals surface area contributed by atoms with Crippen molar-refractivity contribution in [2.45, 2.75) is 25.3 Å². The average molecular weight is 405 g/mol. The van der Waals surface area contributed by atoms with Crippen LogP contribution in [0.25, 0.3) is 16.9 Å². The van der Waals surface area contributed by atoms with Gasteiger partial charge in [-0.05, 0) is 43.7 Å². The Morgan fingerprint density at radius 1 is 1.40 bits per heavy atom. The minimum absolute atomic E-state index is 0.0724. The zero-order valence-electron chi connectivity index (χ0n) is 17.1. The number of nitrogens with one attached hydrogen (secondary N) is 2. The molecule has 8 heteroatoms. The molecular weight excluding hydrogens is 382 g/mol. The van der Waals surface area contributed by atoms with Gasteiger partial charge in [0.25, 0.3) is 5.91 Å². The summed E-state index contributed by atoms with van der Waals surface area (Å²) in [6.45, 7) is 4.94. The summed E-state index contributed by atoms with van der Waals surface area (Å²) >= 11 is 0. The van der Waals surface area contributed by atoms with Gasteiger partial charge < -0.3 is 20.5 Å². The van der Waals surface area contributed by atoms with Gasteiger partial charge in [0.2, 0.25) is 0 Å². The lowest BCUT2D eigenvalue weighted by Crippen LogP contribution is -2.55. The molecule has 0 aliphatic carbocycles. The van der Waals surface area contributed by atoms with Crippen molar-refractivity contribution in [3.63, 3.8) is 0 Å². The van der Waals surface area contributed by atoms with Crippen LogP contribution >= 0.6 is 0 Å². The second kappa shape index (κ2) is 7.35. The molecule has 0 bridgehead atoms. The molecule has 30 heavy (non-hydrogen) atoms. The first kappa shape index (κ1) is 19.7. The highest BCUT2D eigenvalue weighted by atomic mass is 16.5. The lowest BCUT2D eigenvalue weighted by Gasteiger charge is -2.36. The van der Waals surface area contributed by atoms with E-state index in [1.54, 1.807) is 12.3 Å². The van der Waals surface area contributed by atoms with E-state index in [0.29, 0.717) is 24.3 Å². The Kier molecular flexibility index (Phi) is 4.84. The van der Waals surface area contributed by atoms with Crippen LogP contribution in [0.15, 0.2) is 36.7 Å². The number of nitriles is 1. The molecule has 0 radical (unpaired) electrons. The fraction of sp³-hybridized carbons (Fsp3) is 0.318. The zero-order chi connectivity index (χ0) is 21.5. The van der Waals surface area contributed by atoms with Gasteiger partial charge in [-0.25, -0.2) is 4.98 Å². The molecule has 154 valence electrons. The van der Waals surface area contributed by atoms with Crippen molar-refractivity contribution >= 4 is 11.6 Å². The standard InChI is InChI=1S/C22H23N5O3/c1-13(2)26-21(29)20-17(28)6-14(7-18(20)30-3)16-9-25-19-8-15(4-5-27(16)19)22(10-23)11-24-12-22/h4-9,13,24,28H,11-12H2,1-3H3,(H,26,29). The maximum absolute atomic E-state index is 12.5. The van der Waals surface area contributed by atoms with E-state index in [2.05, 4.69) is 21.7 Å². The molecule has 8 nitrogen and oxygen atoms in total. The number of amides is 1. The second-order valence-corrected chi connectivity index (χ2v) is 7.79. The Hall–Kier alpha value is -3.57. The van der Waals surface area contributed by atoms with E-state index >= 15 is 0 Å². The van der Waals surface area contributed by atoms with Crippen LogP contribution in [-0.2, 0) is 5.41 Å². The number of carbonyl (C=O) groups excluding carboxylic acids is 1. The maximum atomic E-state index is 12.5. The molecule has 3 heterocycles. The Morgan fingerprint density at radius 2 is 2.17 bits per heavy atom. The van der Waals surface area contributed by atoms with Crippen LogP contribution in [-0.4, -0.2) is 46.6 Å². The number of imidazole rings is 1.